The molecule has 0 aliphatic heterocycles. The Labute approximate surface area is 73.2 Å². The molecule has 0 saturated heterocycles. The Morgan fingerprint density at radius 1 is 1.50 bits per heavy atom. The fourth-order valence-electron chi connectivity index (χ4n) is 1.24. The van der Waals surface area contributed by atoms with Crippen LogP contribution in [0.2, 0.25) is 0 Å². The largest absolute Gasteiger partial charge is 0.363 e. The maximum Gasteiger partial charge on any atom is 0.131 e. The van der Waals surface area contributed by atoms with E-state index in [1.807, 2.05) is 32.0 Å². The minimum absolute atomic E-state index is 0.579. The summed E-state index contributed by atoms with van der Waals surface area (Å²) in [5, 5.41) is 0. The lowest BCUT2D eigenvalue weighted by Crippen LogP contribution is -2.14. The Balaban J connectivity index is 3.14. The van der Waals surface area contributed by atoms with Gasteiger partial charge in [0.15, 0.2) is 0 Å². The Hall–Kier alpha value is -1.09. The van der Waals surface area contributed by atoms with Crippen molar-refractivity contribution in [1.82, 2.24) is 4.98 Å². The molecule has 1 aromatic rings. The second-order valence-corrected chi connectivity index (χ2v) is 3.02. The summed E-state index contributed by atoms with van der Waals surface area (Å²) in [7, 11) is 3.96. The van der Waals surface area contributed by atoms with Crippen molar-refractivity contribution in [1.29, 1.82) is 0 Å². The smallest absolute Gasteiger partial charge is 0.131 e. The van der Waals surface area contributed by atoms with Gasteiger partial charge < -0.3 is 10.6 Å². The van der Waals surface area contributed by atoms with Crippen molar-refractivity contribution in [3.05, 3.63) is 23.4 Å². The molecule has 0 aliphatic rings. The predicted octanol–water partition coefficient (Wildman–Crippen LogP) is 0.915. The van der Waals surface area contributed by atoms with Crippen LogP contribution in [-0.4, -0.2) is 19.1 Å². The lowest BCUT2D eigenvalue weighted by Gasteiger charge is -2.15. The lowest BCUT2D eigenvalue weighted by molar-refractivity contribution is 0.992. The van der Waals surface area contributed by atoms with Crippen molar-refractivity contribution >= 4 is 5.82 Å². The Morgan fingerprint density at radius 2 is 2.17 bits per heavy atom. The van der Waals surface area contributed by atoms with Gasteiger partial charge in [-0.05, 0) is 24.1 Å². The number of nitrogens with zero attached hydrogens (tertiary/aromatic N) is 2. The van der Waals surface area contributed by atoms with Crippen LogP contribution in [0.4, 0.5) is 5.82 Å². The zero-order valence-electron chi connectivity index (χ0n) is 7.83. The molecule has 3 heteroatoms. The second-order valence-electron chi connectivity index (χ2n) is 3.02. The van der Waals surface area contributed by atoms with Crippen molar-refractivity contribution in [3.63, 3.8) is 0 Å². The second kappa shape index (κ2) is 3.54. The van der Waals surface area contributed by atoms with Gasteiger partial charge >= 0.3 is 0 Å². The van der Waals surface area contributed by atoms with Gasteiger partial charge in [0, 0.05) is 26.8 Å². The number of pyridine rings is 1. The highest BCUT2D eigenvalue weighted by atomic mass is 15.1. The first-order chi connectivity index (χ1) is 5.66. The molecule has 1 rings (SSSR count). The molecule has 1 heterocycles. The first-order valence-electron chi connectivity index (χ1n) is 3.98. The monoisotopic (exact) mass is 165 g/mol. The Bertz CT molecular complexity index is 268. The topological polar surface area (TPSA) is 42.1 Å². The average Bonchev–Trinajstić information content (AvgIpc) is 2.04. The summed E-state index contributed by atoms with van der Waals surface area (Å²) in [5.74, 6) is 0.998. The van der Waals surface area contributed by atoms with Gasteiger partial charge in [0.25, 0.3) is 0 Å². The van der Waals surface area contributed by atoms with E-state index in [0.29, 0.717) is 6.54 Å². The van der Waals surface area contributed by atoms with Gasteiger partial charge in [-0.2, -0.15) is 0 Å². The van der Waals surface area contributed by atoms with Crippen molar-refractivity contribution in [2.45, 2.75) is 13.5 Å². The predicted molar refractivity (Wildman–Crippen MR) is 51.2 cm³/mol. The number of aromatic nitrogens is 1. The van der Waals surface area contributed by atoms with Crippen LogP contribution in [0.15, 0.2) is 12.3 Å². The van der Waals surface area contributed by atoms with Crippen LogP contribution in [0, 0.1) is 6.92 Å². The summed E-state index contributed by atoms with van der Waals surface area (Å²) in [6, 6.07) is 1.96. The molecular weight excluding hydrogens is 150 g/mol. The number of hydrogen-bond acceptors (Lipinski definition) is 3. The normalized spacial score (nSPS) is 10.0. The van der Waals surface area contributed by atoms with Crippen LogP contribution in [0.1, 0.15) is 11.1 Å². The molecule has 0 saturated carbocycles. The standard InChI is InChI=1S/C9H15N3/c1-7-8(6-10)4-5-11-9(7)12(2)3/h4-5H,6,10H2,1-3H3. The molecule has 12 heavy (non-hydrogen) atoms. The van der Waals surface area contributed by atoms with E-state index in [1.54, 1.807) is 6.20 Å². The van der Waals surface area contributed by atoms with Crippen LogP contribution in [0.3, 0.4) is 0 Å². The molecule has 0 aromatic carbocycles. The number of hydrogen-bond donors (Lipinski definition) is 1. The Kier molecular flexibility index (Phi) is 2.65. The van der Waals surface area contributed by atoms with Crippen molar-refractivity contribution in [3.8, 4) is 0 Å². The van der Waals surface area contributed by atoms with E-state index in [0.717, 1.165) is 11.4 Å². The van der Waals surface area contributed by atoms with Crippen LogP contribution in [0.25, 0.3) is 0 Å². The van der Waals surface area contributed by atoms with Crippen molar-refractivity contribution < 1.29 is 0 Å². The van der Waals surface area contributed by atoms with E-state index < -0.39 is 0 Å². The average molecular weight is 165 g/mol. The summed E-state index contributed by atoms with van der Waals surface area (Å²) < 4.78 is 0. The summed E-state index contributed by atoms with van der Waals surface area (Å²) in [6.45, 7) is 2.62. The van der Waals surface area contributed by atoms with Crippen LogP contribution >= 0.6 is 0 Å². The summed E-state index contributed by atoms with van der Waals surface area (Å²) in [6.07, 6.45) is 1.80. The van der Waals surface area contributed by atoms with E-state index >= 15 is 0 Å². The summed E-state index contributed by atoms with van der Waals surface area (Å²) in [4.78, 5) is 6.25. The third-order valence-electron chi connectivity index (χ3n) is 1.93. The number of anilines is 1. The highest BCUT2D eigenvalue weighted by Gasteiger charge is 2.04. The van der Waals surface area contributed by atoms with Gasteiger partial charge in [0.2, 0.25) is 0 Å². The van der Waals surface area contributed by atoms with E-state index in [2.05, 4.69) is 4.98 Å². The molecule has 0 spiro atoms. The fourth-order valence-corrected chi connectivity index (χ4v) is 1.24. The minimum atomic E-state index is 0.579. The van der Waals surface area contributed by atoms with Crippen LogP contribution in [-0.2, 0) is 6.54 Å². The number of rotatable bonds is 2. The Morgan fingerprint density at radius 3 is 2.67 bits per heavy atom. The SMILES string of the molecule is Cc1c(CN)ccnc1N(C)C. The minimum Gasteiger partial charge on any atom is -0.363 e. The van der Waals surface area contributed by atoms with Crippen LogP contribution in [0.5, 0.6) is 0 Å². The van der Waals surface area contributed by atoms with Gasteiger partial charge in [0.05, 0.1) is 0 Å². The summed E-state index contributed by atoms with van der Waals surface area (Å²) >= 11 is 0. The molecule has 0 aliphatic carbocycles. The fraction of sp³-hybridized carbons (Fsp3) is 0.444. The maximum atomic E-state index is 5.57. The highest BCUT2D eigenvalue weighted by molar-refractivity contribution is 5.48. The van der Waals surface area contributed by atoms with Crippen molar-refractivity contribution in [2.24, 2.45) is 5.73 Å². The molecule has 0 bridgehead atoms. The molecule has 0 unspecified atom stereocenters. The van der Waals surface area contributed by atoms with Gasteiger partial charge in [-0.25, -0.2) is 4.98 Å². The molecule has 66 valence electrons. The molecule has 0 fully saturated rings. The summed E-state index contributed by atoms with van der Waals surface area (Å²) in [5.41, 5.74) is 7.91. The van der Waals surface area contributed by atoms with Crippen LogP contribution < -0.4 is 10.6 Å². The maximum absolute atomic E-state index is 5.57. The quantitative estimate of drug-likeness (QED) is 0.708. The third-order valence-corrected chi connectivity index (χ3v) is 1.93. The van der Waals surface area contributed by atoms with E-state index in [1.165, 1.54) is 5.56 Å². The lowest BCUT2D eigenvalue weighted by atomic mass is 10.1. The molecule has 0 atom stereocenters. The molecule has 1 aromatic heterocycles. The molecular formula is C9H15N3. The third kappa shape index (κ3) is 1.56. The van der Waals surface area contributed by atoms with Crippen molar-refractivity contribution in [2.75, 3.05) is 19.0 Å². The zero-order valence-corrected chi connectivity index (χ0v) is 7.83. The molecule has 0 amide bonds. The molecule has 3 nitrogen and oxygen atoms in total. The van der Waals surface area contributed by atoms with Gasteiger partial charge in [-0.3, -0.25) is 0 Å². The molecule has 0 radical (unpaired) electrons. The first kappa shape index (κ1) is 9.00. The van der Waals surface area contributed by atoms with Gasteiger partial charge in [-0.1, -0.05) is 0 Å². The molecule has 2 N–H and O–H groups in total. The first-order valence-corrected chi connectivity index (χ1v) is 3.98. The van der Waals surface area contributed by atoms with E-state index in [4.69, 9.17) is 5.73 Å². The van der Waals surface area contributed by atoms with Gasteiger partial charge in [-0.15, -0.1) is 0 Å². The zero-order chi connectivity index (χ0) is 9.14. The van der Waals surface area contributed by atoms with Gasteiger partial charge in [0.1, 0.15) is 5.82 Å². The van der Waals surface area contributed by atoms with E-state index in [9.17, 15) is 0 Å². The van der Waals surface area contributed by atoms with E-state index in [-0.39, 0.29) is 0 Å². The number of nitrogens with two attached hydrogens (primary N) is 1. The highest BCUT2D eigenvalue weighted by Crippen LogP contribution is 2.17.